The number of hydrogen-bond donors (Lipinski definition) is 0. The van der Waals surface area contributed by atoms with Gasteiger partial charge in [-0.15, -0.1) is 0 Å². The summed E-state index contributed by atoms with van der Waals surface area (Å²) in [4.78, 5) is 0. The highest BCUT2D eigenvalue weighted by atomic mass is 14.2. The molecule has 0 heterocycles. The van der Waals surface area contributed by atoms with Crippen LogP contribution in [0, 0.1) is 11.8 Å². The summed E-state index contributed by atoms with van der Waals surface area (Å²) in [5, 5.41) is 0. The lowest BCUT2D eigenvalue weighted by atomic mass is 9.81. The van der Waals surface area contributed by atoms with Crippen molar-refractivity contribution in [3.63, 3.8) is 0 Å². The van der Waals surface area contributed by atoms with Crippen molar-refractivity contribution < 1.29 is 0 Å². The van der Waals surface area contributed by atoms with Gasteiger partial charge in [-0.2, -0.15) is 0 Å². The third-order valence-electron chi connectivity index (χ3n) is 2.83. The van der Waals surface area contributed by atoms with Crippen LogP contribution in [0.4, 0.5) is 0 Å². The van der Waals surface area contributed by atoms with Gasteiger partial charge < -0.3 is 0 Å². The Hall–Kier alpha value is 0. The van der Waals surface area contributed by atoms with Gasteiger partial charge in [-0.05, 0) is 11.8 Å². The van der Waals surface area contributed by atoms with Crippen LogP contribution in [0.1, 0.15) is 52.4 Å². The van der Waals surface area contributed by atoms with Gasteiger partial charge in [0.2, 0.25) is 0 Å². The summed E-state index contributed by atoms with van der Waals surface area (Å²) >= 11 is 0. The molecule has 0 atom stereocenters. The molecule has 0 bridgehead atoms. The van der Waals surface area contributed by atoms with E-state index < -0.39 is 0 Å². The van der Waals surface area contributed by atoms with Crippen LogP contribution in [0.3, 0.4) is 0 Å². The molecule has 0 aromatic heterocycles. The van der Waals surface area contributed by atoms with Gasteiger partial charge in [0.15, 0.2) is 0 Å². The van der Waals surface area contributed by atoms with Crippen LogP contribution in [0.15, 0.2) is 0 Å². The molecule has 0 aliphatic heterocycles. The number of rotatable bonds is 2. The normalized spacial score (nSPS) is 34.2. The Labute approximate surface area is 65.0 Å². The first-order valence-electron chi connectivity index (χ1n) is 4.83. The van der Waals surface area contributed by atoms with Gasteiger partial charge in [-0.25, -0.2) is 0 Å². The van der Waals surface area contributed by atoms with Crippen LogP contribution < -0.4 is 0 Å². The highest BCUT2D eigenvalue weighted by Gasteiger charge is 2.16. The van der Waals surface area contributed by atoms with Crippen LogP contribution in [0.25, 0.3) is 0 Å². The highest BCUT2D eigenvalue weighted by molar-refractivity contribution is 4.69. The molecule has 0 amide bonds. The van der Waals surface area contributed by atoms with E-state index in [1.54, 1.807) is 0 Å². The van der Waals surface area contributed by atoms with Gasteiger partial charge in [0.05, 0.1) is 0 Å². The molecular formula is C10H20. The van der Waals surface area contributed by atoms with E-state index in [0.29, 0.717) is 0 Å². The summed E-state index contributed by atoms with van der Waals surface area (Å²) in [6.07, 6.45) is 8.87. The fraction of sp³-hybridized carbons (Fsp3) is 1.00. The third-order valence-corrected chi connectivity index (χ3v) is 2.83. The molecule has 0 N–H and O–H groups in total. The van der Waals surface area contributed by atoms with Gasteiger partial charge in [0.1, 0.15) is 0 Å². The van der Waals surface area contributed by atoms with Crippen molar-refractivity contribution in [1.29, 1.82) is 0 Å². The van der Waals surface area contributed by atoms with Gasteiger partial charge in [-0.1, -0.05) is 52.4 Å². The average molecular weight is 140 g/mol. The van der Waals surface area contributed by atoms with Crippen molar-refractivity contribution in [2.45, 2.75) is 52.4 Å². The van der Waals surface area contributed by atoms with Crippen molar-refractivity contribution in [1.82, 2.24) is 0 Å². The van der Waals surface area contributed by atoms with Crippen molar-refractivity contribution in [3.8, 4) is 0 Å². The fourth-order valence-electron chi connectivity index (χ4n) is 2.03. The van der Waals surface area contributed by atoms with E-state index in [4.69, 9.17) is 0 Å². The Morgan fingerprint density at radius 1 is 1.10 bits per heavy atom. The van der Waals surface area contributed by atoms with Crippen LogP contribution >= 0.6 is 0 Å². The van der Waals surface area contributed by atoms with E-state index >= 15 is 0 Å². The van der Waals surface area contributed by atoms with Crippen LogP contribution in [-0.4, -0.2) is 0 Å². The summed E-state index contributed by atoms with van der Waals surface area (Å²) in [6, 6.07) is 0. The van der Waals surface area contributed by atoms with E-state index in [-0.39, 0.29) is 0 Å². The molecule has 0 aromatic rings. The average Bonchev–Trinajstić information content (AvgIpc) is 1.95. The first kappa shape index (κ1) is 8.10. The minimum atomic E-state index is 1.02. The maximum atomic E-state index is 2.39. The third kappa shape index (κ3) is 2.32. The lowest BCUT2D eigenvalue weighted by molar-refractivity contribution is 0.276. The first-order chi connectivity index (χ1) is 4.83. The predicted octanol–water partition coefficient (Wildman–Crippen LogP) is 3.61. The summed E-state index contributed by atoms with van der Waals surface area (Å²) < 4.78 is 0. The lowest BCUT2D eigenvalue weighted by Crippen LogP contribution is -2.11. The second kappa shape index (κ2) is 4.00. The highest BCUT2D eigenvalue weighted by Crippen LogP contribution is 2.30. The van der Waals surface area contributed by atoms with Gasteiger partial charge in [-0.3, -0.25) is 0 Å². The quantitative estimate of drug-likeness (QED) is 0.549. The molecule has 0 nitrogen and oxygen atoms in total. The molecule has 0 spiro atoms. The molecular weight excluding hydrogens is 120 g/mol. The molecule has 1 fully saturated rings. The molecule has 1 aliphatic carbocycles. The van der Waals surface area contributed by atoms with Gasteiger partial charge >= 0.3 is 0 Å². The van der Waals surface area contributed by atoms with E-state index in [0.717, 1.165) is 11.8 Å². The monoisotopic (exact) mass is 140 g/mol. The van der Waals surface area contributed by atoms with Crippen molar-refractivity contribution >= 4 is 0 Å². The minimum Gasteiger partial charge on any atom is -0.0654 e. The van der Waals surface area contributed by atoms with Crippen LogP contribution in [-0.2, 0) is 0 Å². The second-order valence-electron chi connectivity index (χ2n) is 3.91. The molecule has 0 heteroatoms. The SMILES string of the molecule is CCC[C@H]1CC[C@H](C)CC1. The predicted molar refractivity (Wildman–Crippen MR) is 46.0 cm³/mol. The topological polar surface area (TPSA) is 0 Å². The molecule has 0 aromatic carbocycles. The van der Waals surface area contributed by atoms with Crippen LogP contribution in [0.5, 0.6) is 0 Å². The Bertz CT molecular complexity index is 78.0. The van der Waals surface area contributed by atoms with Crippen molar-refractivity contribution in [2.75, 3.05) is 0 Å². The smallest absolute Gasteiger partial charge is 0.0414 e. The fourth-order valence-corrected chi connectivity index (χ4v) is 2.03. The molecule has 1 saturated carbocycles. The van der Waals surface area contributed by atoms with Gasteiger partial charge in [0.25, 0.3) is 0 Å². The summed E-state index contributed by atoms with van der Waals surface area (Å²) in [6.45, 7) is 4.69. The maximum Gasteiger partial charge on any atom is -0.0414 e. The van der Waals surface area contributed by atoms with E-state index in [1.807, 2.05) is 0 Å². The minimum absolute atomic E-state index is 1.02. The maximum absolute atomic E-state index is 2.39. The molecule has 1 aliphatic rings. The Balaban J connectivity index is 2.13. The molecule has 10 heavy (non-hydrogen) atoms. The van der Waals surface area contributed by atoms with Crippen LogP contribution in [0.2, 0.25) is 0 Å². The zero-order valence-electron chi connectivity index (χ0n) is 7.40. The summed E-state index contributed by atoms with van der Waals surface area (Å²) in [5.41, 5.74) is 0. The zero-order valence-corrected chi connectivity index (χ0v) is 7.40. The summed E-state index contributed by atoms with van der Waals surface area (Å²) in [5.74, 6) is 2.11. The Kier molecular flexibility index (Phi) is 3.24. The van der Waals surface area contributed by atoms with E-state index in [1.165, 1.54) is 38.5 Å². The standard InChI is InChI=1S/C10H20/c1-3-4-10-7-5-9(2)6-8-10/h9-10H,3-8H2,1-2H3/t9-,10-. The lowest BCUT2D eigenvalue weighted by Gasteiger charge is -2.25. The Morgan fingerprint density at radius 3 is 2.20 bits per heavy atom. The number of hydrogen-bond acceptors (Lipinski definition) is 0. The molecule has 0 unspecified atom stereocenters. The second-order valence-corrected chi connectivity index (χ2v) is 3.91. The van der Waals surface area contributed by atoms with E-state index in [9.17, 15) is 0 Å². The molecule has 60 valence electrons. The molecule has 1 rings (SSSR count). The zero-order chi connectivity index (χ0) is 7.40. The largest absolute Gasteiger partial charge is 0.0654 e. The Morgan fingerprint density at radius 2 is 1.70 bits per heavy atom. The summed E-state index contributed by atoms with van der Waals surface area (Å²) in [7, 11) is 0. The van der Waals surface area contributed by atoms with Crippen molar-refractivity contribution in [2.24, 2.45) is 11.8 Å². The van der Waals surface area contributed by atoms with Gasteiger partial charge in [0, 0.05) is 0 Å². The molecule has 0 radical (unpaired) electrons. The van der Waals surface area contributed by atoms with Crippen molar-refractivity contribution in [3.05, 3.63) is 0 Å². The molecule has 0 saturated heterocycles. The van der Waals surface area contributed by atoms with E-state index in [2.05, 4.69) is 13.8 Å². The first-order valence-corrected chi connectivity index (χ1v) is 4.83.